The van der Waals surface area contributed by atoms with Gasteiger partial charge in [-0.3, -0.25) is 9.59 Å². The van der Waals surface area contributed by atoms with Crippen LogP contribution in [0, 0.1) is 0 Å². The quantitative estimate of drug-likeness (QED) is 0.0575. The first-order chi connectivity index (χ1) is 18.2. The Morgan fingerprint density at radius 3 is 1.81 bits per heavy atom. The van der Waals surface area contributed by atoms with E-state index >= 15 is 0 Å². The Labute approximate surface area is 235 Å². The molecule has 0 atom stereocenters. The fourth-order valence-corrected chi connectivity index (χ4v) is 5.60. The van der Waals surface area contributed by atoms with Crippen LogP contribution in [0.15, 0.2) is 24.3 Å². The lowest BCUT2D eigenvalue weighted by Gasteiger charge is -2.08. The van der Waals surface area contributed by atoms with Crippen molar-refractivity contribution in [3.8, 4) is 11.5 Å². The average Bonchev–Trinajstić information content (AvgIpc) is 2.91. The average molecular weight is 557 g/mol. The normalized spacial score (nSPS) is 10.4. The number of carbonyl (C=O) groups excluding carboxylic acids is 2. The minimum Gasteiger partial charge on any atom is -0.494 e. The molecule has 37 heavy (non-hydrogen) atoms. The van der Waals surface area contributed by atoms with E-state index in [4.69, 9.17) is 14.2 Å². The summed E-state index contributed by atoms with van der Waals surface area (Å²) in [4.78, 5) is 23.3. The van der Waals surface area contributed by atoms with Crippen molar-refractivity contribution in [1.82, 2.24) is 0 Å². The number of hydrogen-bond acceptors (Lipinski definition) is 7. The van der Waals surface area contributed by atoms with Gasteiger partial charge < -0.3 is 14.2 Å². The van der Waals surface area contributed by atoms with E-state index in [1.165, 1.54) is 31.4 Å². The summed E-state index contributed by atoms with van der Waals surface area (Å²) in [6.45, 7) is 9.37. The maximum absolute atomic E-state index is 12.1. The van der Waals surface area contributed by atoms with Gasteiger partial charge in [0.15, 0.2) is 0 Å². The van der Waals surface area contributed by atoms with E-state index in [0.717, 1.165) is 62.9 Å². The Morgan fingerprint density at radius 1 is 0.622 bits per heavy atom. The summed E-state index contributed by atoms with van der Waals surface area (Å²) < 4.78 is 16.3. The Balaban J connectivity index is 0.00000631. The van der Waals surface area contributed by atoms with Gasteiger partial charge in [-0.1, -0.05) is 75.0 Å². The van der Waals surface area contributed by atoms with E-state index in [-0.39, 0.29) is 11.9 Å². The molecule has 0 aliphatic rings. The molecule has 5 nitrogen and oxygen atoms in total. The minimum absolute atomic E-state index is 0.0996. The van der Waals surface area contributed by atoms with E-state index in [0.29, 0.717) is 31.8 Å². The van der Waals surface area contributed by atoms with E-state index in [1.54, 1.807) is 12.1 Å². The SMILES string of the molecule is CC.CCCCCCSSCCCCCC(=O)Oc1ccc(OCCCCCCOC(=O)CCC)cc1. The first-order valence-corrected chi connectivity index (χ1v) is 17.0. The topological polar surface area (TPSA) is 61.8 Å². The van der Waals surface area contributed by atoms with Gasteiger partial charge in [0.2, 0.25) is 0 Å². The molecule has 0 saturated carbocycles. The molecule has 0 spiro atoms. The number of unbranched alkanes of at least 4 members (excludes halogenated alkanes) is 8. The van der Waals surface area contributed by atoms with Crippen molar-refractivity contribution < 1.29 is 23.8 Å². The van der Waals surface area contributed by atoms with E-state index in [1.807, 2.05) is 54.5 Å². The Bertz CT molecular complexity index is 652. The van der Waals surface area contributed by atoms with Crippen molar-refractivity contribution in [3.63, 3.8) is 0 Å². The Kier molecular flexibility index (Phi) is 26.7. The first kappa shape index (κ1) is 35.7. The second-order valence-corrected chi connectivity index (χ2v) is 11.4. The zero-order chi connectivity index (χ0) is 27.4. The smallest absolute Gasteiger partial charge is 0.311 e. The summed E-state index contributed by atoms with van der Waals surface area (Å²) in [7, 11) is 3.94. The molecule has 0 heterocycles. The van der Waals surface area contributed by atoms with Gasteiger partial charge in [0.25, 0.3) is 0 Å². The molecule has 0 bridgehead atoms. The van der Waals surface area contributed by atoms with Gasteiger partial charge in [0.05, 0.1) is 13.2 Å². The van der Waals surface area contributed by atoms with Crippen LogP contribution in [0.5, 0.6) is 11.5 Å². The molecular weight excluding hydrogens is 504 g/mol. The van der Waals surface area contributed by atoms with Crippen LogP contribution in [0.4, 0.5) is 0 Å². The number of hydrogen-bond donors (Lipinski definition) is 0. The van der Waals surface area contributed by atoms with Crippen LogP contribution in [0.25, 0.3) is 0 Å². The highest BCUT2D eigenvalue weighted by atomic mass is 33.1. The van der Waals surface area contributed by atoms with Gasteiger partial charge in [-0.2, -0.15) is 0 Å². The number of rotatable bonds is 23. The van der Waals surface area contributed by atoms with E-state index < -0.39 is 0 Å². The van der Waals surface area contributed by atoms with Crippen molar-refractivity contribution in [2.24, 2.45) is 0 Å². The Morgan fingerprint density at radius 2 is 1.19 bits per heavy atom. The summed E-state index contributed by atoms with van der Waals surface area (Å²) in [5.41, 5.74) is 0. The molecule has 0 saturated heterocycles. The standard InChI is InChI=1S/C28H46O5S2.C2H6/c1-3-5-6-13-23-34-35-24-14-9-10-16-28(30)33-26-19-17-25(18-20-26)31-21-11-7-8-12-22-32-27(29)15-4-2;1-2/h17-20H,3-16,21-24H2,1-2H3;1-2H3. The fourth-order valence-electron chi connectivity index (χ4n) is 3.31. The van der Waals surface area contributed by atoms with Gasteiger partial charge in [0.1, 0.15) is 11.5 Å². The molecule has 214 valence electrons. The monoisotopic (exact) mass is 556 g/mol. The van der Waals surface area contributed by atoms with Crippen molar-refractivity contribution >= 4 is 33.5 Å². The molecule has 0 aromatic heterocycles. The lowest BCUT2D eigenvalue weighted by atomic mass is 10.2. The molecule has 0 N–H and O–H groups in total. The first-order valence-electron chi connectivity index (χ1n) is 14.5. The van der Waals surface area contributed by atoms with Crippen LogP contribution < -0.4 is 9.47 Å². The zero-order valence-corrected chi connectivity index (χ0v) is 25.5. The molecular formula is C30H52O5S2. The highest BCUT2D eigenvalue weighted by Crippen LogP contribution is 2.24. The van der Waals surface area contributed by atoms with Crippen LogP contribution in [0.1, 0.15) is 118 Å². The van der Waals surface area contributed by atoms with Gasteiger partial charge in [-0.15, -0.1) is 0 Å². The van der Waals surface area contributed by atoms with Gasteiger partial charge in [-0.25, -0.2) is 0 Å². The third kappa shape index (κ3) is 23.5. The fraction of sp³-hybridized carbons (Fsp3) is 0.733. The van der Waals surface area contributed by atoms with Crippen molar-refractivity contribution in [1.29, 1.82) is 0 Å². The third-order valence-corrected chi connectivity index (χ3v) is 7.93. The molecule has 0 unspecified atom stereocenters. The van der Waals surface area contributed by atoms with Crippen LogP contribution in [0.3, 0.4) is 0 Å². The van der Waals surface area contributed by atoms with Crippen LogP contribution in [-0.4, -0.2) is 36.7 Å². The Hall–Kier alpha value is -1.34. The van der Waals surface area contributed by atoms with Crippen molar-refractivity contribution in [2.45, 2.75) is 118 Å². The van der Waals surface area contributed by atoms with E-state index in [9.17, 15) is 9.59 Å². The van der Waals surface area contributed by atoms with Crippen LogP contribution in [-0.2, 0) is 14.3 Å². The molecule has 1 rings (SSSR count). The number of benzene rings is 1. The maximum Gasteiger partial charge on any atom is 0.311 e. The largest absolute Gasteiger partial charge is 0.494 e. The van der Waals surface area contributed by atoms with Gasteiger partial charge in [0, 0.05) is 24.3 Å². The molecule has 0 fully saturated rings. The number of carbonyl (C=O) groups is 2. The number of ether oxygens (including phenoxy) is 3. The van der Waals surface area contributed by atoms with Crippen LogP contribution in [0.2, 0.25) is 0 Å². The molecule has 0 aliphatic heterocycles. The molecule has 1 aromatic carbocycles. The number of esters is 2. The molecule has 1 aromatic rings. The molecule has 0 aliphatic carbocycles. The summed E-state index contributed by atoms with van der Waals surface area (Å²) in [5, 5.41) is 0. The molecule has 7 heteroatoms. The minimum atomic E-state index is -0.169. The summed E-state index contributed by atoms with van der Waals surface area (Å²) in [5.74, 6) is 3.48. The third-order valence-electron chi connectivity index (χ3n) is 5.35. The maximum atomic E-state index is 12.1. The molecule has 0 amide bonds. The zero-order valence-electron chi connectivity index (χ0n) is 23.9. The highest BCUT2D eigenvalue weighted by molar-refractivity contribution is 8.76. The second-order valence-electron chi connectivity index (χ2n) is 8.69. The summed E-state index contributed by atoms with van der Waals surface area (Å²) in [6.07, 6.45) is 14.1. The second kappa shape index (κ2) is 27.7. The predicted molar refractivity (Wildman–Crippen MR) is 161 cm³/mol. The van der Waals surface area contributed by atoms with Crippen molar-refractivity contribution in [2.75, 3.05) is 24.7 Å². The van der Waals surface area contributed by atoms with Gasteiger partial charge >= 0.3 is 11.9 Å². The van der Waals surface area contributed by atoms with Gasteiger partial charge in [-0.05, 0) is 75.6 Å². The lowest BCUT2D eigenvalue weighted by molar-refractivity contribution is -0.143. The van der Waals surface area contributed by atoms with E-state index in [2.05, 4.69) is 6.92 Å². The summed E-state index contributed by atoms with van der Waals surface area (Å²) >= 11 is 0. The highest BCUT2D eigenvalue weighted by Gasteiger charge is 2.06. The van der Waals surface area contributed by atoms with Crippen molar-refractivity contribution in [3.05, 3.63) is 24.3 Å². The lowest BCUT2D eigenvalue weighted by Crippen LogP contribution is -2.07. The predicted octanol–water partition coefficient (Wildman–Crippen LogP) is 9.42. The summed E-state index contributed by atoms with van der Waals surface area (Å²) in [6, 6.07) is 7.25. The molecule has 0 radical (unpaired) electrons. The van der Waals surface area contributed by atoms with Crippen LogP contribution >= 0.6 is 21.6 Å².